The zero-order valence-corrected chi connectivity index (χ0v) is 8.02. The highest BCUT2D eigenvalue weighted by Crippen LogP contribution is 2.33. The van der Waals surface area contributed by atoms with Crippen LogP contribution in [0.2, 0.25) is 0 Å². The van der Waals surface area contributed by atoms with Gasteiger partial charge in [-0.25, -0.2) is 0 Å². The minimum absolute atomic E-state index is 0.0648. The number of rotatable bonds is 2. The quantitative estimate of drug-likeness (QED) is 0.638. The number of hydrogen-bond donors (Lipinski definition) is 1. The molecule has 1 aromatic heterocycles. The zero-order chi connectivity index (χ0) is 9.30. The number of halogens is 1. The molecule has 7 heteroatoms. The van der Waals surface area contributed by atoms with Crippen LogP contribution >= 0.6 is 27.3 Å². The van der Waals surface area contributed by atoms with E-state index in [4.69, 9.17) is 5.73 Å². The molecule has 0 aliphatic heterocycles. The summed E-state index contributed by atoms with van der Waals surface area (Å²) < 4.78 is 0.367. The molecule has 0 bridgehead atoms. The van der Waals surface area contributed by atoms with Crippen molar-refractivity contribution in [2.75, 3.05) is 0 Å². The van der Waals surface area contributed by atoms with Crippen LogP contribution < -0.4 is 5.73 Å². The lowest BCUT2D eigenvalue weighted by molar-refractivity contribution is -0.380. The predicted octanol–water partition coefficient (Wildman–Crippen LogP) is 1.52. The number of hydrogen-bond acceptors (Lipinski definition) is 4. The maximum atomic E-state index is 10.7. The number of nitro groups is 1. The first-order valence-electron chi connectivity index (χ1n) is 2.75. The van der Waals surface area contributed by atoms with Crippen molar-refractivity contribution in [1.29, 1.82) is 0 Å². The molecule has 0 aromatic carbocycles. The molecule has 1 heterocycles. The van der Waals surface area contributed by atoms with Gasteiger partial charge in [0.25, 0.3) is 5.91 Å². The maximum absolute atomic E-state index is 10.7. The van der Waals surface area contributed by atoms with Crippen LogP contribution in [0.3, 0.4) is 0 Å². The van der Waals surface area contributed by atoms with Crippen molar-refractivity contribution < 1.29 is 9.72 Å². The van der Waals surface area contributed by atoms with Gasteiger partial charge >= 0.3 is 5.00 Å². The van der Waals surface area contributed by atoms with Crippen molar-refractivity contribution in [3.05, 3.63) is 25.5 Å². The van der Waals surface area contributed by atoms with E-state index >= 15 is 0 Å². The van der Waals surface area contributed by atoms with Gasteiger partial charge in [0.2, 0.25) is 0 Å². The SMILES string of the molecule is NC(=O)c1c(Br)csc1[N+](=O)[O-]. The monoisotopic (exact) mass is 250 g/mol. The van der Waals surface area contributed by atoms with Gasteiger partial charge in [0.05, 0.1) is 4.92 Å². The van der Waals surface area contributed by atoms with E-state index in [1.165, 1.54) is 5.38 Å². The summed E-state index contributed by atoms with van der Waals surface area (Å²) in [5.74, 6) is -0.796. The van der Waals surface area contributed by atoms with Crippen LogP contribution in [0.1, 0.15) is 10.4 Å². The molecule has 0 atom stereocenters. The lowest BCUT2D eigenvalue weighted by atomic mass is 10.3. The zero-order valence-electron chi connectivity index (χ0n) is 5.61. The Bertz CT molecular complexity index is 348. The molecule has 0 radical (unpaired) electrons. The molecule has 64 valence electrons. The normalized spacial score (nSPS) is 9.75. The first-order chi connectivity index (χ1) is 5.54. The number of thiophene rings is 1. The number of primary amides is 1. The van der Waals surface area contributed by atoms with E-state index in [-0.39, 0.29) is 10.6 Å². The van der Waals surface area contributed by atoms with E-state index in [9.17, 15) is 14.9 Å². The van der Waals surface area contributed by atoms with Crippen LogP contribution in [-0.2, 0) is 0 Å². The molecule has 0 spiro atoms. The minimum atomic E-state index is -0.796. The second-order valence-electron chi connectivity index (χ2n) is 1.89. The van der Waals surface area contributed by atoms with Gasteiger partial charge in [0.1, 0.15) is 5.56 Å². The summed E-state index contributed by atoms with van der Waals surface area (Å²) in [6.45, 7) is 0. The van der Waals surface area contributed by atoms with Crippen molar-refractivity contribution in [2.45, 2.75) is 0 Å². The molecule has 2 N–H and O–H groups in total. The predicted molar refractivity (Wildman–Crippen MR) is 47.2 cm³/mol. The highest BCUT2D eigenvalue weighted by molar-refractivity contribution is 9.10. The Balaban J connectivity index is 3.31. The van der Waals surface area contributed by atoms with E-state index in [0.29, 0.717) is 4.47 Å². The molecule has 0 fully saturated rings. The van der Waals surface area contributed by atoms with Crippen LogP contribution in [0, 0.1) is 10.1 Å². The minimum Gasteiger partial charge on any atom is -0.365 e. The second kappa shape index (κ2) is 3.20. The highest BCUT2D eigenvalue weighted by Gasteiger charge is 2.23. The van der Waals surface area contributed by atoms with Gasteiger partial charge in [-0.05, 0) is 15.9 Å². The number of amides is 1. The molecule has 1 amide bonds. The molecule has 1 aromatic rings. The number of nitrogens with two attached hydrogens (primary N) is 1. The Kier molecular flexibility index (Phi) is 2.43. The standard InChI is InChI=1S/C5H3BrN2O3S/c6-2-1-12-5(8(10)11)3(2)4(7)9/h1H,(H2,7,9). The molecule has 0 saturated carbocycles. The topological polar surface area (TPSA) is 86.2 Å². The van der Waals surface area contributed by atoms with Crippen molar-refractivity contribution in [3.8, 4) is 0 Å². The first-order valence-corrected chi connectivity index (χ1v) is 4.42. The molecule has 1 rings (SSSR count). The Morgan fingerprint density at radius 3 is 2.67 bits per heavy atom. The summed E-state index contributed by atoms with van der Waals surface area (Å²) in [6, 6.07) is 0. The van der Waals surface area contributed by atoms with Crippen molar-refractivity contribution in [3.63, 3.8) is 0 Å². The van der Waals surface area contributed by atoms with E-state index in [1.54, 1.807) is 0 Å². The van der Waals surface area contributed by atoms with Gasteiger partial charge < -0.3 is 5.73 Å². The summed E-state index contributed by atoms with van der Waals surface area (Å²) in [4.78, 5) is 20.4. The second-order valence-corrected chi connectivity index (χ2v) is 3.60. The fourth-order valence-electron chi connectivity index (χ4n) is 0.685. The van der Waals surface area contributed by atoms with Crippen molar-refractivity contribution in [2.24, 2.45) is 5.73 Å². The van der Waals surface area contributed by atoms with Crippen LogP contribution in [0.25, 0.3) is 0 Å². The smallest absolute Gasteiger partial charge is 0.338 e. The molecule has 5 nitrogen and oxygen atoms in total. The Morgan fingerprint density at radius 1 is 1.75 bits per heavy atom. The third kappa shape index (κ3) is 1.46. The van der Waals surface area contributed by atoms with Gasteiger partial charge in [-0.3, -0.25) is 14.9 Å². The Morgan fingerprint density at radius 2 is 2.33 bits per heavy atom. The number of carbonyl (C=O) groups is 1. The van der Waals surface area contributed by atoms with Crippen LogP contribution in [-0.4, -0.2) is 10.8 Å². The summed E-state index contributed by atoms with van der Waals surface area (Å²) in [6.07, 6.45) is 0. The lowest BCUT2D eigenvalue weighted by Gasteiger charge is -1.90. The Hall–Kier alpha value is -0.950. The summed E-state index contributed by atoms with van der Waals surface area (Å²) in [7, 11) is 0. The molecule has 0 saturated heterocycles. The van der Waals surface area contributed by atoms with E-state index in [0.717, 1.165) is 11.3 Å². The molecule has 0 unspecified atom stereocenters. The fraction of sp³-hybridized carbons (Fsp3) is 0. The first kappa shape index (κ1) is 9.14. The average molecular weight is 251 g/mol. The van der Waals surface area contributed by atoms with E-state index in [1.807, 2.05) is 0 Å². The van der Waals surface area contributed by atoms with Gasteiger partial charge in [0.15, 0.2) is 0 Å². The summed E-state index contributed by atoms with van der Waals surface area (Å²) >= 11 is 3.86. The van der Waals surface area contributed by atoms with E-state index in [2.05, 4.69) is 15.9 Å². The summed E-state index contributed by atoms with van der Waals surface area (Å²) in [5.41, 5.74) is 4.87. The average Bonchev–Trinajstić information content (AvgIpc) is 2.30. The summed E-state index contributed by atoms with van der Waals surface area (Å²) in [5, 5.41) is 11.6. The van der Waals surface area contributed by atoms with E-state index < -0.39 is 10.8 Å². The fourth-order valence-corrected chi connectivity index (χ4v) is 2.23. The third-order valence-electron chi connectivity index (χ3n) is 1.14. The largest absolute Gasteiger partial charge is 0.365 e. The number of carbonyl (C=O) groups excluding carboxylic acids is 1. The van der Waals surface area contributed by atoms with Crippen LogP contribution in [0.4, 0.5) is 5.00 Å². The van der Waals surface area contributed by atoms with Gasteiger partial charge in [-0.15, -0.1) is 0 Å². The molecule has 0 aliphatic carbocycles. The molecular formula is C5H3BrN2O3S. The van der Waals surface area contributed by atoms with Gasteiger partial charge in [0, 0.05) is 9.85 Å². The maximum Gasteiger partial charge on any atom is 0.338 e. The highest BCUT2D eigenvalue weighted by atomic mass is 79.9. The van der Waals surface area contributed by atoms with Gasteiger partial charge in [-0.2, -0.15) is 0 Å². The van der Waals surface area contributed by atoms with Crippen molar-refractivity contribution >= 4 is 38.2 Å². The van der Waals surface area contributed by atoms with Gasteiger partial charge in [-0.1, -0.05) is 11.3 Å². The third-order valence-corrected chi connectivity index (χ3v) is 3.00. The van der Waals surface area contributed by atoms with Crippen LogP contribution in [0.15, 0.2) is 9.85 Å². The number of nitrogens with zero attached hydrogens (tertiary/aromatic N) is 1. The Labute approximate surface area is 79.5 Å². The van der Waals surface area contributed by atoms with Crippen LogP contribution in [0.5, 0.6) is 0 Å². The lowest BCUT2D eigenvalue weighted by Crippen LogP contribution is -2.12. The molecule has 0 aliphatic rings. The van der Waals surface area contributed by atoms with Crippen molar-refractivity contribution in [1.82, 2.24) is 0 Å². The molecule has 12 heavy (non-hydrogen) atoms. The molecular weight excluding hydrogens is 248 g/mol.